The second-order valence-electron chi connectivity index (χ2n) is 20.6. The van der Waals surface area contributed by atoms with Crippen LogP contribution in [0.3, 0.4) is 0 Å². The topological polar surface area (TPSA) is 79.0 Å². The van der Waals surface area contributed by atoms with Gasteiger partial charge in [0.05, 0.1) is 45.7 Å². The van der Waals surface area contributed by atoms with E-state index in [0.717, 1.165) is 109 Å². The summed E-state index contributed by atoms with van der Waals surface area (Å²) in [5.41, 5.74) is 3.32. The van der Waals surface area contributed by atoms with E-state index < -0.39 is 0 Å². The van der Waals surface area contributed by atoms with E-state index in [2.05, 4.69) is 55.2 Å². The summed E-state index contributed by atoms with van der Waals surface area (Å²) in [4.78, 5) is 11.7. The maximum atomic E-state index is 11.7. The van der Waals surface area contributed by atoms with E-state index >= 15 is 0 Å². The average molecular weight is 865 g/mol. The Kier molecular flexibility index (Phi) is 13.6. The first kappa shape index (κ1) is 43.5. The van der Waals surface area contributed by atoms with Gasteiger partial charge in [0.1, 0.15) is 23.4 Å². The van der Waals surface area contributed by atoms with Gasteiger partial charge in [-0.15, -0.1) is 0 Å². The van der Waals surface area contributed by atoms with Crippen LogP contribution in [0.1, 0.15) is 74.5 Å². The van der Waals surface area contributed by atoms with E-state index in [-0.39, 0.29) is 5.97 Å². The van der Waals surface area contributed by atoms with Gasteiger partial charge in [-0.05, 0) is 172 Å². The van der Waals surface area contributed by atoms with Gasteiger partial charge < -0.3 is 28.4 Å². The number of hydrogen-bond acceptors (Lipinski definition) is 7. The Morgan fingerprint density at radius 1 is 0.641 bits per heavy atom. The molecular weight excluding hydrogens is 797 g/mol. The Balaban J connectivity index is 0.000000104. The first-order valence-electron chi connectivity index (χ1n) is 24.6. The predicted octanol–water partition coefficient (Wildman–Crippen LogP) is 11.6. The molecule has 11 aliphatic rings. The van der Waals surface area contributed by atoms with Crippen LogP contribution in [0.25, 0.3) is 12.2 Å². The van der Waals surface area contributed by atoms with Gasteiger partial charge >= 0.3 is 5.97 Å². The SMILES string of the molecule is C1=CC2CC1CC2CC1CO1.C1=CC2CC1CC2COCC1CO1.C=C1C=Cc2ccc(OCC3CC4C=CC3C4)cc2O1.Cc1ccc(/C=C/C(=O)OCC2CC3C=CC2C3)cc1. The second kappa shape index (κ2) is 20.0. The molecule has 0 spiro atoms. The third kappa shape index (κ3) is 11.5. The summed E-state index contributed by atoms with van der Waals surface area (Å²) in [6, 6.07) is 14.1. The van der Waals surface area contributed by atoms with Gasteiger partial charge in [0.15, 0.2) is 0 Å². The summed E-state index contributed by atoms with van der Waals surface area (Å²) < 4.78 is 32.9. The maximum absolute atomic E-state index is 11.7. The molecule has 7 nitrogen and oxygen atoms in total. The lowest BCUT2D eigenvalue weighted by Gasteiger charge is -2.20. The summed E-state index contributed by atoms with van der Waals surface area (Å²) in [7, 11) is 0. The summed E-state index contributed by atoms with van der Waals surface area (Å²) in [6.45, 7) is 11.0. The van der Waals surface area contributed by atoms with Crippen LogP contribution in [0.5, 0.6) is 11.5 Å². The summed E-state index contributed by atoms with van der Waals surface area (Å²) >= 11 is 0. The molecule has 3 aliphatic heterocycles. The van der Waals surface area contributed by atoms with Crippen LogP contribution in [0.2, 0.25) is 0 Å². The average Bonchev–Trinajstić information content (AvgIpc) is 3.78. The number of epoxide rings is 2. The molecule has 13 rings (SSSR count). The molecule has 0 radical (unpaired) electrons. The van der Waals surface area contributed by atoms with Crippen molar-refractivity contribution in [3.05, 3.63) is 132 Å². The number of allylic oxidation sites excluding steroid dienone is 9. The van der Waals surface area contributed by atoms with E-state index in [4.69, 9.17) is 28.4 Å². The smallest absolute Gasteiger partial charge is 0.330 e. The van der Waals surface area contributed by atoms with E-state index in [1.807, 2.05) is 67.6 Å². The Morgan fingerprint density at radius 2 is 1.20 bits per heavy atom. The van der Waals surface area contributed by atoms with Crippen molar-refractivity contribution < 1.29 is 33.2 Å². The van der Waals surface area contributed by atoms with Crippen LogP contribution in [-0.2, 0) is 23.7 Å². The first-order valence-corrected chi connectivity index (χ1v) is 24.6. The van der Waals surface area contributed by atoms with E-state index in [0.29, 0.717) is 42.3 Å². The minimum Gasteiger partial charge on any atom is -0.493 e. The number of hydrogen-bond donors (Lipinski definition) is 0. The van der Waals surface area contributed by atoms with Gasteiger partial charge in [-0.2, -0.15) is 0 Å². The van der Waals surface area contributed by atoms with Gasteiger partial charge in [0, 0.05) is 17.7 Å². The third-order valence-electron chi connectivity index (χ3n) is 15.7. The number of ether oxygens (including phenoxy) is 6. The highest BCUT2D eigenvalue weighted by atomic mass is 16.6. The summed E-state index contributed by atoms with van der Waals surface area (Å²) in [5, 5.41) is 0. The molecular formula is C57H68O7. The van der Waals surface area contributed by atoms with E-state index in [1.165, 1.54) is 69.4 Å². The minimum absolute atomic E-state index is 0.239. The molecule has 8 bridgehead atoms. The molecule has 14 atom stereocenters. The number of carbonyl (C=O) groups excluding carboxylic acids is 1. The Labute approximate surface area is 381 Å². The molecule has 0 N–H and O–H groups in total. The largest absolute Gasteiger partial charge is 0.493 e. The molecule has 6 fully saturated rings. The molecule has 338 valence electrons. The van der Waals surface area contributed by atoms with Crippen molar-refractivity contribution in [2.45, 2.75) is 76.9 Å². The van der Waals surface area contributed by atoms with Crippen molar-refractivity contribution in [2.24, 2.45) is 71.0 Å². The summed E-state index contributed by atoms with van der Waals surface area (Å²) in [5.74, 6) is 11.6. The van der Waals surface area contributed by atoms with Gasteiger partial charge in [-0.3, -0.25) is 0 Å². The highest BCUT2D eigenvalue weighted by molar-refractivity contribution is 5.87. The fourth-order valence-electron chi connectivity index (χ4n) is 12.0. The Bertz CT molecular complexity index is 2140. The van der Waals surface area contributed by atoms with Crippen molar-refractivity contribution in [2.75, 3.05) is 39.6 Å². The number of benzene rings is 2. The zero-order valence-corrected chi connectivity index (χ0v) is 37.7. The molecule has 8 aliphatic carbocycles. The van der Waals surface area contributed by atoms with Crippen molar-refractivity contribution in [1.82, 2.24) is 0 Å². The molecule has 7 heteroatoms. The summed E-state index contributed by atoms with van der Waals surface area (Å²) in [6.07, 6.45) is 39.2. The van der Waals surface area contributed by atoms with Crippen LogP contribution >= 0.6 is 0 Å². The molecule has 0 aromatic heterocycles. The monoisotopic (exact) mass is 864 g/mol. The fraction of sp³-hybridized carbons (Fsp3) is 0.526. The minimum atomic E-state index is -0.239. The molecule has 2 aromatic rings. The Morgan fingerprint density at radius 3 is 1.75 bits per heavy atom. The third-order valence-corrected chi connectivity index (χ3v) is 15.7. The van der Waals surface area contributed by atoms with E-state index in [1.54, 1.807) is 0 Å². The van der Waals surface area contributed by atoms with Crippen molar-refractivity contribution >= 4 is 18.1 Å². The van der Waals surface area contributed by atoms with Crippen molar-refractivity contribution in [3.8, 4) is 11.5 Å². The fourth-order valence-corrected chi connectivity index (χ4v) is 12.0. The van der Waals surface area contributed by atoms with Crippen LogP contribution in [-0.4, -0.2) is 57.8 Å². The standard InChI is InChI=1S/C18H18O2.C18H20O2.C11H16O2.C10H14O/c1-12-2-4-14-6-7-17(10-18(14)20-12)19-11-16-9-13-3-5-15(16)8-13;1-13-2-4-14(5-3-13)7-9-18(19)20-12-17-11-15-6-8-16(17)10-15;1-2-9-3-8(1)4-10(9)5-12-6-11-7-13-11;1-2-8-3-7(1)4-9(8)5-10-6-11-10/h2-7,10,13,15-16H,1,8-9,11H2;2-9,15-17H,10-12H2,1H3;1-2,8-11H,3-7H2;1-2,7-10H,3-6H2/b;9-7+;;. The van der Waals surface area contributed by atoms with E-state index in [9.17, 15) is 4.79 Å². The first-order chi connectivity index (χ1) is 31.3. The van der Waals surface area contributed by atoms with Crippen LogP contribution < -0.4 is 9.47 Å². The van der Waals surface area contributed by atoms with Gasteiger partial charge in [-0.1, -0.05) is 85.0 Å². The van der Waals surface area contributed by atoms with Gasteiger partial charge in [0.25, 0.3) is 0 Å². The highest BCUT2D eigenvalue weighted by Crippen LogP contribution is 2.47. The lowest BCUT2D eigenvalue weighted by molar-refractivity contribution is -0.139. The predicted molar refractivity (Wildman–Crippen MR) is 252 cm³/mol. The van der Waals surface area contributed by atoms with Crippen LogP contribution in [0.15, 0.2) is 116 Å². The second-order valence-corrected chi connectivity index (χ2v) is 20.6. The molecule has 4 saturated carbocycles. The number of fused-ring (bicyclic) bond motifs is 9. The van der Waals surface area contributed by atoms with Crippen LogP contribution in [0, 0.1) is 77.9 Å². The Hall–Kier alpha value is -4.43. The molecule has 2 aromatic carbocycles. The lowest BCUT2D eigenvalue weighted by Crippen LogP contribution is -2.16. The zero-order chi connectivity index (χ0) is 43.4. The molecule has 64 heavy (non-hydrogen) atoms. The zero-order valence-electron chi connectivity index (χ0n) is 37.7. The van der Waals surface area contributed by atoms with Gasteiger partial charge in [0.2, 0.25) is 0 Å². The normalized spacial score (nSPS) is 36.0. The van der Waals surface area contributed by atoms with Crippen molar-refractivity contribution in [3.63, 3.8) is 0 Å². The quantitative estimate of drug-likeness (QED) is 0.0859. The van der Waals surface area contributed by atoms with Crippen LogP contribution in [0.4, 0.5) is 0 Å². The number of carbonyl (C=O) groups is 1. The number of rotatable bonds is 13. The van der Waals surface area contributed by atoms with Gasteiger partial charge in [-0.25, -0.2) is 4.79 Å². The van der Waals surface area contributed by atoms with Crippen molar-refractivity contribution in [1.29, 1.82) is 0 Å². The number of aryl methyl sites for hydroxylation is 1. The molecule has 0 amide bonds. The lowest BCUT2D eigenvalue weighted by atomic mass is 9.89. The molecule has 3 heterocycles. The number of esters is 1. The maximum Gasteiger partial charge on any atom is 0.330 e. The molecule has 14 unspecified atom stereocenters. The highest BCUT2D eigenvalue weighted by Gasteiger charge is 2.40. The molecule has 2 saturated heterocycles.